The normalized spacial score (nSPS) is 11.8. The number of fused-ring (bicyclic) bond motifs is 1. The lowest BCUT2D eigenvalue weighted by Gasteiger charge is -2.12. The number of hydrogen-bond donors (Lipinski definition) is 0. The van der Waals surface area contributed by atoms with Gasteiger partial charge in [-0.25, -0.2) is 14.1 Å². The summed E-state index contributed by atoms with van der Waals surface area (Å²) in [4.78, 5) is 4.41. The molecule has 2 aromatic heterocycles. The van der Waals surface area contributed by atoms with Gasteiger partial charge >= 0.3 is 6.18 Å². The number of para-hydroxylation sites is 1. The van der Waals surface area contributed by atoms with Crippen molar-refractivity contribution >= 4 is 11.0 Å². The highest BCUT2D eigenvalue weighted by Gasteiger charge is 2.36. The number of benzene rings is 2. The minimum atomic E-state index is -4.64. The molecule has 4 rings (SSSR count). The van der Waals surface area contributed by atoms with Crippen LogP contribution in [0.3, 0.4) is 0 Å². The molecule has 0 spiro atoms. The van der Waals surface area contributed by atoms with Crippen LogP contribution in [0, 0.1) is 12.7 Å². The molecule has 0 aliphatic heterocycles. The molecule has 4 aromatic rings. The fraction of sp³-hybridized carbons (Fsp3) is 0.143. The number of nitrogens with zero attached hydrogens (tertiary/aromatic N) is 3. The summed E-state index contributed by atoms with van der Waals surface area (Å²) in [6.45, 7) is 1.45. The van der Waals surface area contributed by atoms with Gasteiger partial charge < -0.3 is 4.74 Å². The number of ether oxygens (including phenoxy) is 1. The molecule has 0 fully saturated rings. The van der Waals surface area contributed by atoms with Gasteiger partial charge in [-0.15, -0.1) is 0 Å². The Kier molecular flexibility index (Phi) is 4.49. The van der Waals surface area contributed by atoms with Crippen molar-refractivity contribution in [3.8, 4) is 22.7 Å². The Labute approximate surface area is 163 Å². The fourth-order valence-corrected chi connectivity index (χ4v) is 3.23. The first kappa shape index (κ1) is 18.9. The Bertz CT molecular complexity index is 1210. The summed E-state index contributed by atoms with van der Waals surface area (Å²) in [5, 5.41) is 3.99. The summed E-state index contributed by atoms with van der Waals surface area (Å²) in [6.07, 6.45) is -4.64. The SMILES string of the molecule is COc1cccc(-c2cc(C(F)(F)F)c3c(C)nn(-c4ccccc4F)c3n2)c1. The molecular formula is C21H15F4N3O. The zero-order valence-corrected chi connectivity index (χ0v) is 15.5. The number of aromatic nitrogens is 3. The van der Waals surface area contributed by atoms with E-state index >= 15 is 0 Å². The Balaban J connectivity index is 2.07. The Morgan fingerprint density at radius 2 is 1.76 bits per heavy atom. The summed E-state index contributed by atoms with van der Waals surface area (Å²) in [5.74, 6) is -0.129. The second-order valence-electron chi connectivity index (χ2n) is 6.43. The predicted octanol–water partition coefficient (Wildman–Crippen LogP) is 5.56. The number of alkyl halides is 3. The third kappa shape index (κ3) is 3.30. The van der Waals surface area contributed by atoms with E-state index in [0.717, 1.165) is 10.7 Å². The second-order valence-corrected chi connectivity index (χ2v) is 6.43. The standard InChI is InChI=1S/C21H15F4N3O/c1-12-19-15(21(23,24)25)11-17(13-6-5-7-14(10-13)29-2)26-20(19)28(27-12)18-9-4-3-8-16(18)22/h3-11H,1-2H3. The molecule has 0 aliphatic carbocycles. The number of hydrogen-bond acceptors (Lipinski definition) is 3. The van der Waals surface area contributed by atoms with Gasteiger partial charge in [0.1, 0.15) is 17.3 Å². The van der Waals surface area contributed by atoms with Crippen molar-refractivity contribution in [3.63, 3.8) is 0 Å². The van der Waals surface area contributed by atoms with Gasteiger partial charge in [0.05, 0.1) is 29.4 Å². The van der Waals surface area contributed by atoms with E-state index in [-0.39, 0.29) is 28.1 Å². The predicted molar refractivity (Wildman–Crippen MR) is 101 cm³/mol. The van der Waals surface area contributed by atoms with E-state index in [9.17, 15) is 17.6 Å². The molecule has 0 aliphatic rings. The molecule has 0 saturated heterocycles. The van der Waals surface area contributed by atoms with Gasteiger partial charge in [0, 0.05) is 5.56 Å². The molecule has 0 radical (unpaired) electrons. The van der Waals surface area contributed by atoms with Crippen molar-refractivity contribution in [1.29, 1.82) is 0 Å². The van der Waals surface area contributed by atoms with Gasteiger partial charge in [0.15, 0.2) is 5.65 Å². The van der Waals surface area contributed by atoms with Crippen LogP contribution in [0.2, 0.25) is 0 Å². The van der Waals surface area contributed by atoms with Crippen molar-refractivity contribution in [3.05, 3.63) is 71.7 Å². The Morgan fingerprint density at radius 1 is 1.00 bits per heavy atom. The first-order valence-corrected chi connectivity index (χ1v) is 8.66. The van der Waals surface area contributed by atoms with E-state index in [2.05, 4.69) is 10.1 Å². The van der Waals surface area contributed by atoms with Crippen LogP contribution in [0.5, 0.6) is 5.75 Å². The first-order chi connectivity index (χ1) is 13.8. The van der Waals surface area contributed by atoms with Crippen LogP contribution in [0.4, 0.5) is 17.6 Å². The molecule has 2 heterocycles. The number of halogens is 4. The first-order valence-electron chi connectivity index (χ1n) is 8.66. The summed E-state index contributed by atoms with van der Waals surface area (Å²) in [6, 6.07) is 13.3. The smallest absolute Gasteiger partial charge is 0.417 e. The van der Waals surface area contributed by atoms with Crippen molar-refractivity contribution in [2.24, 2.45) is 0 Å². The maximum atomic E-state index is 14.3. The zero-order chi connectivity index (χ0) is 20.8. The van der Waals surface area contributed by atoms with Gasteiger partial charge in [-0.2, -0.15) is 18.3 Å². The van der Waals surface area contributed by atoms with Crippen LogP contribution in [0.1, 0.15) is 11.3 Å². The maximum Gasteiger partial charge on any atom is 0.417 e. The van der Waals surface area contributed by atoms with Gasteiger partial charge in [-0.3, -0.25) is 0 Å². The van der Waals surface area contributed by atoms with Gasteiger partial charge in [-0.1, -0.05) is 24.3 Å². The maximum absolute atomic E-state index is 14.3. The average molecular weight is 401 g/mol. The summed E-state index contributed by atoms with van der Waals surface area (Å²) >= 11 is 0. The van der Waals surface area contributed by atoms with Crippen LogP contribution < -0.4 is 4.74 Å². The summed E-state index contributed by atoms with van der Waals surface area (Å²) in [5.41, 5.74) is -0.285. The zero-order valence-electron chi connectivity index (χ0n) is 15.5. The van der Waals surface area contributed by atoms with E-state index < -0.39 is 17.6 Å². The summed E-state index contributed by atoms with van der Waals surface area (Å²) < 4.78 is 62.2. The molecule has 0 N–H and O–H groups in total. The van der Waals surface area contributed by atoms with E-state index in [1.807, 2.05) is 0 Å². The largest absolute Gasteiger partial charge is 0.497 e. The van der Waals surface area contributed by atoms with E-state index in [1.165, 1.54) is 32.2 Å². The average Bonchev–Trinajstić information content (AvgIpc) is 3.03. The molecule has 0 atom stereocenters. The summed E-state index contributed by atoms with van der Waals surface area (Å²) in [7, 11) is 1.47. The highest BCUT2D eigenvalue weighted by atomic mass is 19.4. The second kappa shape index (κ2) is 6.88. The molecular weight excluding hydrogens is 386 g/mol. The molecule has 0 bridgehead atoms. The van der Waals surface area contributed by atoms with Crippen molar-refractivity contribution < 1.29 is 22.3 Å². The fourth-order valence-electron chi connectivity index (χ4n) is 3.23. The van der Waals surface area contributed by atoms with E-state index in [4.69, 9.17) is 4.74 Å². The number of aryl methyl sites for hydroxylation is 1. The molecule has 0 amide bonds. The Hall–Kier alpha value is -3.42. The van der Waals surface area contributed by atoms with Crippen molar-refractivity contribution in [2.45, 2.75) is 13.1 Å². The van der Waals surface area contributed by atoms with Crippen LogP contribution in [-0.2, 0) is 6.18 Å². The lowest BCUT2D eigenvalue weighted by molar-refractivity contribution is -0.136. The molecule has 0 unspecified atom stereocenters. The lowest BCUT2D eigenvalue weighted by Crippen LogP contribution is -2.08. The molecule has 29 heavy (non-hydrogen) atoms. The van der Waals surface area contributed by atoms with Crippen molar-refractivity contribution in [1.82, 2.24) is 14.8 Å². The molecule has 148 valence electrons. The minimum Gasteiger partial charge on any atom is -0.497 e. The van der Waals surface area contributed by atoms with Crippen LogP contribution in [-0.4, -0.2) is 21.9 Å². The van der Waals surface area contributed by atoms with Crippen LogP contribution >= 0.6 is 0 Å². The number of pyridine rings is 1. The van der Waals surface area contributed by atoms with E-state index in [1.54, 1.807) is 30.3 Å². The van der Waals surface area contributed by atoms with Crippen molar-refractivity contribution in [2.75, 3.05) is 7.11 Å². The lowest BCUT2D eigenvalue weighted by atomic mass is 10.0. The molecule has 2 aromatic carbocycles. The van der Waals surface area contributed by atoms with Gasteiger partial charge in [0.2, 0.25) is 0 Å². The highest BCUT2D eigenvalue weighted by Crippen LogP contribution is 2.39. The number of methoxy groups -OCH3 is 1. The minimum absolute atomic E-state index is 0.0222. The Morgan fingerprint density at radius 3 is 2.45 bits per heavy atom. The molecule has 8 heteroatoms. The quantitative estimate of drug-likeness (QED) is 0.422. The van der Waals surface area contributed by atoms with Crippen LogP contribution in [0.25, 0.3) is 28.0 Å². The van der Waals surface area contributed by atoms with Gasteiger partial charge in [0.25, 0.3) is 0 Å². The number of rotatable bonds is 3. The highest BCUT2D eigenvalue weighted by molar-refractivity contribution is 5.87. The topological polar surface area (TPSA) is 39.9 Å². The monoisotopic (exact) mass is 401 g/mol. The van der Waals surface area contributed by atoms with Gasteiger partial charge in [-0.05, 0) is 37.3 Å². The third-order valence-corrected chi connectivity index (χ3v) is 4.56. The molecule has 4 nitrogen and oxygen atoms in total. The third-order valence-electron chi connectivity index (χ3n) is 4.56. The van der Waals surface area contributed by atoms with E-state index in [0.29, 0.717) is 11.3 Å². The molecule has 0 saturated carbocycles. The van der Waals surface area contributed by atoms with Crippen LogP contribution in [0.15, 0.2) is 54.6 Å².